The molecule has 1 aliphatic heterocycles. The Kier molecular flexibility index (Phi) is 3.98. The molecule has 2 aliphatic rings. The Morgan fingerprint density at radius 1 is 1.33 bits per heavy atom. The number of anilines is 1. The summed E-state index contributed by atoms with van der Waals surface area (Å²) in [6, 6.07) is 7.73. The second-order valence-corrected chi connectivity index (χ2v) is 6.62. The van der Waals surface area contributed by atoms with Crippen molar-refractivity contribution >= 4 is 11.7 Å². The maximum absolute atomic E-state index is 12.4. The number of carbonyl (C=O) groups excluding carboxylic acids is 1. The van der Waals surface area contributed by atoms with Gasteiger partial charge in [-0.3, -0.25) is 0 Å². The molecule has 2 amide bonds. The Hall–Kier alpha value is -2.34. The van der Waals surface area contributed by atoms with Crippen molar-refractivity contribution in [2.75, 3.05) is 11.9 Å². The van der Waals surface area contributed by atoms with E-state index >= 15 is 0 Å². The standard InChI is InChI=1S/C18H22N4O2/c1-12-3-6-14(22-9-2-8-19-22)11-16(12)21-18(23)20-15-7-10-24-17(15)13-4-5-13/h2-3,6,8-9,11,13,15,17H,4-5,7,10H2,1H3,(H2,20,21,23)/t15-,17+/m0/s1. The molecule has 1 saturated carbocycles. The van der Waals surface area contributed by atoms with E-state index < -0.39 is 0 Å². The fourth-order valence-corrected chi connectivity index (χ4v) is 3.29. The van der Waals surface area contributed by atoms with E-state index in [2.05, 4.69) is 15.7 Å². The number of rotatable bonds is 4. The molecule has 1 aromatic heterocycles. The van der Waals surface area contributed by atoms with Crippen molar-refractivity contribution in [3.05, 3.63) is 42.2 Å². The lowest BCUT2D eigenvalue weighted by molar-refractivity contribution is 0.0829. The molecule has 2 atom stereocenters. The van der Waals surface area contributed by atoms with Gasteiger partial charge in [-0.15, -0.1) is 0 Å². The number of carbonyl (C=O) groups is 1. The van der Waals surface area contributed by atoms with Crippen molar-refractivity contribution in [2.45, 2.75) is 38.3 Å². The molecule has 4 rings (SSSR count). The molecule has 6 nitrogen and oxygen atoms in total. The molecular weight excluding hydrogens is 304 g/mol. The fourth-order valence-electron chi connectivity index (χ4n) is 3.29. The maximum atomic E-state index is 12.4. The summed E-state index contributed by atoms with van der Waals surface area (Å²) in [4.78, 5) is 12.4. The van der Waals surface area contributed by atoms with Gasteiger partial charge in [0.25, 0.3) is 0 Å². The molecule has 1 aliphatic carbocycles. The van der Waals surface area contributed by atoms with Crippen LogP contribution in [0.25, 0.3) is 5.69 Å². The molecular formula is C18H22N4O2. The van der Waals surface area contributed by atoms with Crippen molar-refractivity contribution in [3.8, 4) is 5.69 Å². The van der Waals surface area contributed by atoms with E-state index in [0.29, 0.717) is 5.92 Å². The largest absolute Gasteiger partial charge is 0.376 e. The van der Waals surface area contributed by atoms with E-state index in [1.54, 1.807) is 10.9 Å². The zero-order valence-electron chi connectivity index (χ0n) is 13.7. The first kappa shape index (κ1) is 15.2. The fraction of sp³-hybridized carbons (Fsp3) is 0.444. The van der Waals surface area contributed by atoms with Gasteiger partial charge < -0.3 is 15.4 Å². The summed E-state index contributed by atoms with van der Waals surface area (Å²) in [5, 5.41) is 10.3. The Morgan fingerprint density at radius 3 is 2.96 bits per heavy atom. The first-order valence-electron chi connectivity index (χ1n) is 8.50. The van der Waals surface area contributed by atoms with Crippen LogP contribution in [-0.2, 0) is 4.74 Å². The van der Waals surface area contributed by atoms with Gasteiger partial charge in [-0.2, -0.15) is 5.10 Å². The maximum Gasteiger partial charge on any atom is 0.319 e. The van der Waals surface area contributed by atoms with E-state index in [4.69, 9.17) is 4.74 Å². The number of amides is 2. The molecule has 2 aromatic rings. The van der Waals surface area contributed by atoms with E-state index in [1.165, 1.54) is 12.8 Å². The highest BCUT2D eigenvalue weighted by Crippen LogP contribution is 2.38. The Bertz CT molecular complexity index is 725. The highest BCUT2D eigenvalue weighted by molar-refractivity contribution is 5.90. The number of hydrogen-bond donors (Lipinski definition) is 2. The third-order valence-electron chi connectivity index (χ3n) is 4.78. The molecule has 2 N–H and O–H groups in total. The van der Waals surface area contributed by atoms with Gasteiger partial charge in [-0.25, -0.2) is 9.48 Å². The van der Waals surface area contributed by atoms with Crippen molar-refractivity contribution in [1.82, 2.24) is 15.1 Å². The first-order chi connectivity index (χ1) is 11.7. The quantitative estimate of drug-likeness (QED) is 0.908. The summed E-state index contributed by atoms with van der Waals surface area (Å²) in [7, 11) is 0. The smallest absolute Gasteiger partial charge is 0.319 e. The highest BCUT2D eigenvalue weighted by Gasteiger charge is 2.41. The SMILES string of the molecule is Cc1ccc(-n2cccn2)cc1NC(=O)N[C@H]1CCO[C@@H]1C1CC1. The third-order valence-corrected chi connectivity index (χ3v) is 4.78. The Morgan fingerprint density at radius 2 is 2.21 bits per heavy atom. The molecule has 24 heavy (non-hydrogen) atoms. The summed E-state index contributed by atoms with van der Waals surface area (Å²) in [5.41, 5.74) is 2.73. The third kappa shape index (κ3) is 3.14. The van der Waals surface area contributed by atoms with Crippen LogP contribution < -0.4 is 10.6 Å². The molecule has 2 fully saturated rings. The van der Waals surface area contributed by atoms with Gasteiger partial charge in [0.05, 0.1) is 17.8 Å². The molecule has 0 spiro atoms. The summed E-state index contributed by atoms with van der Waals surface area (Å²) in [6.07, 6.45) is 7.13. The number of hydrogen-bond acceptors (Lipinski definition) is 3. The zero-order valence-corrected chi connectivity index (χ0v) is 13.7. The molecule has 0 radical (unpaired) electrons. The summed E-state index contributed by atoms with van der Waals surface area (Å²) >= 11 is 0. The van der Waals surface area contributed by atoms with Crippen molar-refractivity contribution in [3.63, 3.8) is 0 Å². The van der Waals surface area contributed by atoms with Crippen molar-refractivity contribution < 1.29 is 9.53 Å². The lowest BCUT2D eigenvalue weighted by Gasteiger charge is -2.20. The number of aryl methyl sites for hydroxylation is 1. The van der Waals surface area contributed by atoms with E-state index in [-0.39, 0.29) is 18.2 Å². The second-order valence-electron chi connectivity index (χ2n) is 6.62. The monoisotopic (exact) mass is 326 g/mol. The summed E-state index contributed by atoms with van der Waals surface area (Å²) < 4.78 is 7.55. The van der Waals surface area contributed by atoms with Crippen molar-refractivity contribution in [1.29, 1.82) is 0 Å². The van der Waals surface area contributed by atoms with Gasteiger partial charge in [0.2, 0.25) is 0 Å². The number of ether oxygens (including phenoxy) is 1. The van der Waals surface area contributed by atoms with Gasteiger partial charge in [-0.05, 0) is 55.9 Å². The number of nitrogens with one attached hydrogen (secondary N) is 2. The zero-order chi connectivity index (χ0) is 16.5. The van der Waals surface area contributed by atoms with Crippen molar-refractivity contribution in [2.24, 2.45) is 5.92 Å². The Labute approximate surface area is 141 Å². The summed E-state index contributed by atoms with van der Waals surface area (Å²) in [6.45, 7) is 2.72. The minimum absolute atomic E-state index is 0.118. The first-order valence-corrected chi connectivity index (χ1v) is 8.50. The van der Waals surface area contributed by atoms with Crippen LogP contribution in [0, 0.1) is 12.8 Å². The number of aromatic nitrogens is 2. The van der Waals surface area contributed by atoms with Crippen LogP contribution >= 0.6 is 0 Å². The number of urea groups is 1. The molecule has 126 valence electrons. The minimum atomic E-state index is -0.170. The number of benzene rings is 1. The van der Waals surface area contributed by atoms with Gasteiger partial charge in [0.1, 0.15) is 0 Å². The van der Waals surface area contributed by atoms with Crippen LogP contribution in [0.2, 0.25) is 0 Å². The van der Waals surface area contributed by atoms with Gasteiger partial charge in [-0.1, -0.05) is 6.07 Å². The van der Waals surface area contributed by atoms with E-state index in [9.17, 15) is 4.79 Å². The van der Waals surface area contributed by atoms with Crippen LogP contribution in [0.4, 0.5) is 10.5 Å². The van der Waals surface area contributed by atoms with Crippen LogP contribution in [0.5, 0.6) is 0 Å². The lowest BCUT2D eigenvalue weighted by Crippen LogP contribution is -2.43. The predicted octanol–water partition coefficient (Wildman–Crippen LogP) is 2.87. The highest BCUT2D eigenvalue weighted by atomic mass is 16.5. The normalized spacial score (nSPS) is 23.2. The topological polar surface area (TPSA) is 68.2 Å². The molecule has 1 aromatic carbocycles. The second kappa shape index (κ2) is 6.28. The molecule has 0 bridgehead atoms. The molecule has 6 heteroatoms. The summed E-state index contributed by atoms with van der Waals surface area (Å²) in [5.74, 6) is 0.627. The van der Waals surface area contributed by atoms with Crippen LogP contribution in [0.15, 0.2) is 36.7 Å². The number of nitrogens with zero attached hydrogens (tertiary/aromatic N) is 2. The van der Waals surface area contributed by atoms with E-state index in [0.717, 1.165) is 30.0 Å². The predicted molar refractivity (Wildman–Crippen MR) is 91.3 cm³/mol. The van der Waals surface area contributed by atoms with E-state index in [1.807, 2.05) is 37.4 Å². The van der Waals surface area contributed by atoms with Crippen LogP contribution in [0.1, 0.15) is 24.8 Å². The molecule has 0 unspecified atom stereocenters. The Balaban J connectivity index is 1.44. The van der Waals surface area contributed by atoms with Gasteiger partial charge in [0.15, 0.2) is 0 Å². The molecule has 1 saturated heterocycles. The lowest BCUT2D eigenvalue weighted by atomic mass is 10.1. The average Bonchev–Trinajstić information content (AvgIpc) is 3.08. The minimum Gasteiger partial charge on any atom is -0.376 e. The van der Waals surface area contributed by atoms with Gasteiger partial charge >= 0.3 is 6.03 Å². The van der Waals surface area contributed by atoms with Crippen LogP contribution in [0.3, 0.4) is 0 Å². The average molecular weight is 326 g/mol. The van der Waals surface area contributed by atoms with Gasteiger partial charge in [0, 0.05) is 24.7 Å². The van der Waals surface area contributed by atoms with Crippen LogP contribution in [-0.4, -0.2) is 34.6 Å². The molecule has 2 heterocycles.